The number of nitrogens with one attached hydrogen (secondary N) is 1. The second-order valence-electron chi connectivity index (χ2n) is 8.67. The van der Waals surface area contributed by atoms with E-state index < -0.39 is 5.91 Å². The number of hydrogen-bond donors (Lipinski definition) is 2. The number of aryl methyl sites for hydroxylation is 1. The molecule has 1 heterocycles. The summed E-state index contributed by atoms with van der Waals surface area (Å²) in [4.78, 5) is 43.6. The van der Waals surface area contributed by atoms with Crippen LogP contribution in [0.1, 0.15) is 48.9 Å². The van der Waals surface area contributed by atoms with Gasteiger partial charge in [0.2, 0.25) is 17.8 Å². The van der Waals surface area contributed by atoms with Crippen LogP contribution in [0.15, 0.2) is 46.9 Å². The zero-order valence-corrected chi connectivity index (χ0v) is 20.7. The van der Waals surface area contributed by atoms with E-state index in [-0.39, 0.29) is 30.7 Å². The topological polar surface area (TPSA) is 110 Å². The van der Waals surface area contributed by atoms with Gasteiger partial charge in [0.05, 0.1) is 11.0 Å². The van der Waals surface area contributed by atoms with E-state index in [4.69, 9.17) is 5.73 Å². The first-order valence-corrected chi connectivity index (χ1v) is 12.3. The fourth-order valence-corrected chi connectivity index (χ4v) is 4.65. The molecule has 178 valence electrons. The molecule has 1 saturated carbocycles. The third kappa shape index (κ3) is 5.30. The molecular formula is C25H28BrN5O3. The van der Waals surface area contributed by atoms with Crippen LogP contribution in [0, 0.1) is 5.92 Å². The summed E-state index contributed by atoms with van der Waals surface area (Å²) >= 11 is 3.36. The van der Waals surface area contributed by atoms with Gasteiger partial charge in [-0.1, -0.05) is 35.2 Å². The zero-order valence-electron chi connectivity index (χ0n) is 19.1. The molecule has 0 radical (unpaired) electrons. The summed E-state index contributed by atoms with van der Waals surface area (Å²) in [6, 6.07) is 12.5. The number of carbonyl (C=O) groups excluding carboxylic acids is 3. The van der Waals surface area contributed by atoms with Crippen LogP contribution in [0.25, 0.3) is 11.0 Å². The molecule has 0 saturated heterocycles. The van der Waals surface area contributed by atoms with Crippen molar-refractivity contribution in [3.8, 4) is 0 Å². The Hall–Kier alpha value is -3.20. The van der Waals surface area contributed by atoms with Crippen molar-refractivity contribution in [1.82, 2.24) is 9.55 Å². The van der Waals surface area contributed by atoms with E-state index >= 15 is 0 Å². The zero-order chi connectivity index (χ0) is 24.2. The van der Waals surface area contributed by atoms with Crippen LogP contribution in [0.5, 0.6) is 0 Å². The highest BCUT2D eigenvalue weighted by atomic mass is 79.9. The number of amides is 3. The van der Waals surface area contributed by atoms with Gasteiger partial charge in [0.1, 0.15) is 0 Å². The number of anilines is 2. The molecule has 1 aliphatic carbocycles. The van der Waals surface area contributed by atoms with Crippen LogP contribution in [-0.4, -0.2) is 34.3 Å². The van der Waals surface area contributed by atoms with Crippen molar-refractivity contribution in [1.29, 1.82) is 0 Å². The highest BCUT2D eigenvalue weighted by molar-refractivity contribution is 9.10. The molecule has 3 amide bonds. The van der Waals surface area contributed by atoms with Gasteiger partial charge in [0.25, 0.3) is 5.91 Å². The van der Waals surface area contributed by atoms with Gasteiger partial charge in [0, 0.05) is 41.7 Å². The molecule has 3 N–H and O–H groups in total. The molecule has 3 aromatic rings. The summed E-state index contributed by atoms with van der Waals surface area (Å²) < 4.78 is 2.64. The highest BCUT2D eigenvalue weighted by Crippen LogP contribution is 2.30. The third-order valence-corrected chi connectivity index (χ3v) is 6.85. The van der Waals surface area contributed by atoms with Crippen molar-refractivity contribution in [2.45, 2.75) is 45.1 Å². The lowest BCUT2D eigenvalue weighted by Gasteiger charge is -2.26. The maximum atomic E-state index is 13.0. The van der Waals surface area contributed by atoms with Crippen molar-refractivity contribution in [2.75, 3.05) is 17.3 Å². The number of primary amides is 1. The Kier molecular flexibility index (Phi) is 7.31. The first-order chi connectivity index (χ1) is 16.3. The van der Waals surface area contributed by atoms with E-state index in [1.807, 2.05) is 18.2 Å². The molecule has 4 rings (SSSR count). The van der Waals surface area contributed by atoms with Gasteiger partial charge in [-0.3, -0.25) is 19.7 Å². The van der Waals surface area contributed by atoms with Crippen LogP contribution in [0.2, 0.25) is 0 Å². The van der Waals surface area contributed by atoms with Gasteiger partial charge < -0.3 is 15.2 Å². The van der Waals surface area contributed by atoms with E-state index in [2.05, 4.69) is 26.2 Å². The van der Waals surface area contributed by atoms with Gasteiger partial charge in [-0.2, -0.15) is 0 Å². The summed E-state index contributed by atoms with van der Waals surface area (Å²) in [6.07, 6.45) is 5.30. The number of benzene rings is 2. The molecule has 34 heavy (non-hydrogen) atoms. The Labute approximate surface area is 206 Å². The van der Waals surface area contributed by atoms with Crippen molar-refractivity contribution in [3.63, 3.8) is 0 Å². The molecule has 0 unspecified atom stereocenters. The highest BCUT2D eigenvalue weighted by Gasteiger charge is 2.25. The second-order valence-corrected chi connectivity index (χ2v) is 9.59. The Bertz CT molecular complexity index is 1220. The molecule has 0 aliphatic heterocycles. The summed E-state index contributed by atoms with van der Waals surface area (Å²) in [5.74, 6) is -0.274. The first kappa shape index (κ1) is 23.9. The van der Waals surface area contributed by atoms with Crippen molar-refractivity contribution < 1.29 is 14.4 Å². The minimum absolute atomic E-state index is 0.0509. The Morgan fingerprint density at radius 1 is 1.12 bits per heavy atom. The molecule has 8 nitrogen and oxygen atoms in total. The third-order valence-electron chi connectivity index (χ3n) is 6.32. The largest absolute Gasteiger partial charge is 0.370 e. The molecule has 0 bridgehead atoms. The molecule has 1 aliphatic rings. The molecule has 1 aromatic heterocycles. The van der Waals surface area contributed by atoms with Crippen LogP contribution < -0.4 is 16.0 Å². The number of hydrogen-bond acceptors (Lipinski definition) is 4. The summed E-state index contributed by atoms with van der Waals surface area (Å²) in [7, 11) is 1.79. The predicted octanol–water partition coefficient (Wildman–Crippen LogP) is 4.47. The van der Waals surface area contributed by atoms with Gasteiger partial charge in [0.15, 0.2) is 0 Å². The number of carbonyl (C=O) groups is 3. The van der Waals surface area contributed by atoms with Gasteiger partial charge in [-0.25, -0.2) is 4.98 Å². The minimum Gasteiger partial charge on any atom is -0.370 e. The lowest BCUT2D eigenvalue weighted by molar-refractivity contribution is -0.123. The summed E-state index contributed by atoms with van der Waals surface area (Å²) in [6.45, 7) is 0.255. The molecule has 0 atom stereocenters. The molecular weight excluding hydrogens is 498 g/mol. The van der Waals surface area contributed by atoms with E-state index in [0.29, 0.717) is 22.5 Å². The second kappa shape index (κ2) is 10.4. The smallest absolute Gasteiger partial charge is 0.257 e. The van der Waals surface area contributed by atoms with Crippen LogP contribution in [0.4, 0.5) is 11.6 Å². The number of aromatic nitrogens is 2. The first-order valence-electron chi connectivity index (χ1n) is 11.5. The number of halogens is 1. The average Bonchev–Trinajstić information content (AvgIpc) is 3.18. The number of rotatable bonds is 7. The minimum atomic E-state index is -0.451. The lowest BCUT2D eigenvalue weighted by Crippen LogP contribution is -2.33. The van der Waals surface area contributed by atoms with E-state index in [9.17, 15) is 14.4 Å². The monoisotopic (exact) mass is 525 g/mol. The Balaban J connectivity index is 1.65. The maximum Gasteiger partial charge on any atom is 0.257 e. The van der Waals surface area contributed by atoms with Crippen molar-refractivity contribution >= 4 is 56.3 Å². The SMILES string of the molecule is CN(C(=O)C1CCCCC1)c1ccc2nc(NC(=O)c3ccc(Br)cc3)n(CCC(N)=O)c2c1. The summed E-state index contributed by atoms with van der Waals surface area (Å²) in [5, 5.41) is 2.85. The number of fused-ring (bicyclic) bond motifs is 1. The van der Waals surface area contributed by atoms with Gasteiger partial charge in [-0.15, -0.1) is 0 Å². The standard InChI is InChI=1S/C25H28BrN5O3/c1-30(24(34)17-5-3-2-4-6-17)19-11-12-20-21(15-19)31(14-13-22(27)32)25(28-20)29-23(33)16-7-9-18(26)10-8-16/h7-12,15,17H,2-6,13-14H2,1H3,(H2,27,32)(H,28,29,33). The average molecular weight is 526 g/mol. The maximum absolute atomic E-state index is 13.0. The molecule has 2 aromatic carbocycles. The Morgan fingerprint density at radius 3 is 2.50 bits per heavy atom. The number of nitrogens with zero attached hydrogens (tertiary/aromatic N) is 3. The van der Waals surface area contributed by atoms with Gasteiger partial charge in [-0.05, 0) is 55.3 Å². The van der Waals surface area contributed by atoms with E-state index in [1.54, 1.807) is 40.8 Å². The fourth-order valence-electron chi connectivity index (χ4n) is 4.39. The lowest BCUT2D eigenvalue weighted by atomic mass is 9.88. The molecule has 1 fully saturated rings. The summed E-state index contributed by atoms with van der Waals surface area (Å²) in [5.41, 5.74) is 7.99. The number of imidazole rings is 1. The van der Waals surface area contributed by atoms with E-state index in [1.165, 1.54) is 6.42 Å². The predicted molar refractivity (Wildman–Crippen MR) is 136 cm³/mol. The van der Waals surface area contributed by atoms with Crippen LogP contribution >= 0.6 is 15.9 Å². The van der Waals surface area contributed by atoms with Crippen LogP contribution in [-0.2, 0) is 16.1 Å². The van der Waals surface area contributed by atoms with Crippen molar-refractivity contribution in [2.24, 2.45) is 11.7 Å². The van der Waals surface area contributed by atoms with E-state index in [0.717, 1.165) is 35.8 Å². The molecule has 9 heteroatoms. The number of nitrogens with two attached hydrogens (primary N) is 1. The quantitative estimate of drug-likeness (QED) is 0.473. The molecule has 0 spiro atoms. The van der Waals surface area contributed by atoms with Gasteiger partial charge >= 0.3 is 0 Å². The van der Waals surface area contributed by atoms with Crippen LogP contribution in [0.3, 0.4) is 0 Å². The fraction of sp³-hybridized carbons (Fsp3) is 0.360. The van der Waals surface area contributed by atoms with Crippen molar-refractivity contribution in [3.05, 3.63) is 52.5 Å². The normalized spacial score (nSPS) is 14.2. The Morgan fingerprint density at radius 2 is 1.82 bits per heavy atom.